The Labute approximate surface area is 159 Å². The van der Waals surface area contributed by atoms with Gasteiger partial charge in [0.15, 0.2) is 0 Å². The molecule has 0 aromatic heterocycles. The number of amides is 1. The average molecular weight is 440 g/mol. The fraction of sp³-hybridized carbons (Fsp3) is 0.176. The predicted molar refractivity (Wildman–Crippen MR) is 99.3 cm³/mol. The number of anilines is 2. The number of carbonyl (C=O) groups excluding carboxylic acids is 2. The van der Waals surface area contributed by atoms with Gasteiger partial charge in [-0.05, 0) is 17.7 Å². The Morgan fingerprint density at radius 3 is 2.30 bits per heavy atom. The van der Waals surface area contributed by atoms with Gasteiger partial charge >= 0.3 is 94.4 Å². The first kappa shape index (κ1) is 22.5. The summed E-state index contributed by atoms with van der Waals surface area (Å²) >= 11 is -4.76. The summed E-state index contributed by atoms with van der Waals surface area (Å²) in [6.07, 6.45) is 0.279. The molecule has 0 saturated heterocycles. The van der Waals surface area contributed by atoms with E-state index in [9.17, 15) is 13.3 Å². The molecule has 2 aromatic rings. The monoisotopic (exact) mass is 440 g/mol. The fourth-order valence-corrected chi connectivity index (χ4v) is 3.23. The van der Waals surface area contributed by atoms with Crippen LogP contribution in [0.3, 0.4) is 0 Å². The van der Waals surface area contributed by atoms with Crippen LogP contribution in [-0.4, -0.2) is 42.5 Å². The van der Waals surface area contributed by atoms with E-state index in [1.165, 1.54) is 38.3 Å². The Kier molecular flexibility index (Phi) is 8.77. The van der Waals surface area contributed by atoms with E-state index in [-0.39, 0.29) is 22.6 Å². The molecule has 2 rings (SSSR count). The molecule has 10 heteroatoms. The van der Waals surface area contributed by atoms with Gasteiger partial charge in [0.2, 0.25) is 0 Å². The first-order valence-corrected chi connectivity index (χ1v) is 10.9. The molecule has 5 N–H and O–H groups in total. The number of rotatable bonds is 5. The van der Waals surface area contributed by atoms with E-state index in [2.05, 4.69) is 13.9 Å². The SMILES string of the molecule is CC(=O)Nc1ccc([As](=O)(O)OO)cc1.COC(=O)Cc1cccc(N)c1. The van der Waals surface area contributed by atoms with Crippen molar-refractivity contribution in [2.45, 2.75) is 13.3 Å². The molecule has 0 radical (unpaired) electrons. The van der Waals surface area contributed by atoms with Crippen LogP contribution in [0.25, 0.3) is 0 Å². The topological polar surface area (TPSA) is 148 Å². The van der Waals surface area contributed by atoms with Gasteiger partial charge in [0, 0.05) is 5.69 Å². The third-order valence-electron chi connectivity index (χ3n) is 3.15. The number of methoxy groups -OCH3 is 1. The van der Waals surface area contributed by atoms with Crippen molar-refractivity contribution in [2.24, 2.45) is 0 Å². The Morgan fingerprint density at radius 2 is 1.81 bits per heavy atom. The van der Waals surface area contributed by atoms with Gasteiger partial charge in [-0.1, -0.05) is 12.1 Å². The first-order chi connectivity index (χ1) is 12.7. The standard InChI is InChI=1S/C9H11NO2.C8H10AsNO5/c1-12-9(11)6-7-3-2-4-8(10)5-7;1-6(11)10-8-4-2-7(3-5-8)9(12,13)15-14/h2-5H,6,10H2,1H3;2-5,14H,1H3,(H,10,11)(H,12,13). The summed E-state index contributed by atoms with van der Waals surface area (Å²) in [5.74, 6) is -0.487. The minimum Gasteiger partial charge on any atom is -0.469 e. The van der Waals surface area contributed by atoms with Crippen LogP contribution in [0.4, 0.5) is 11.4 Å². The molecule has 0 aliphatic rings. The molecular weight excluding hydrogens is 419 g/mol. The van der Waals surface area contributed by atoms with Crippen molar-refractivity contribution in [1.29, 1.82) is 0 Å². The normalized spacial score (nSPS) is 12.1. The second-order valence-corrected chi connectivity index (χ2v) is 8.94. The van der Waals surface area contributed by atoms with E-state index >= 15 is 0 Å². The maximum Gasteiger partial charge on any atom is 0.309 e. The Balaban J connectivity index is 0.000000277. The molecule has 0 heterocycles. The van der Waals surface area contributed by atoms with Crippen molar-refractivity contribution < 1.29 is 31.3 Å². The molecule has 0 aliphatic heterocycles. The second kappa shape index (κ2) is 10.5. The van der Waals surface area contributed by atoms with Crippen LogP contribution in [0.1, 0.15) is 12.5 Å². The van der Waals surface area contributed by atoms with E-state index in [0.717, 1.165) is 5.56 Å². The summed E-state index contributed by atoms with van der Waals surface area (Å²) in [6, 6.07) is 12.7. The number of esters is 1. The van der Waals surface area contributed by atoms with E-state index < -0.39 is 14.2 Å². The van der Waals surface area contributed by atoms with E-state index in [4.69, 9.17) is 15.1 Å². The third kappa shape index (κ3) is 8.10. The molecule has 9 nitrogen and oxygen atoms in total. The van der Waals surface area contributed by atoms with Gasteiger partial charge in [0.1, 0.15) is 0 Å². The molecule has 0 bridgehead atoms. The maximum absolute atomic E-state index is 11.2. The second-order valence-electron chi connectivity index (χ2n) is 5.33. The Hall–Kier alpha value is -2.58. The van der Waals surface area contributed by atoms with E-state index in [1.54, 1.807) is 12.1 Å². The van der Waals surface area contributed by atoms with Gasteiger partial charge in [-0.25, -0.2) is 0 Å². The number of ether oxygens (including phenoxy) is 1. The molecule has 0 fully saturated rings. The number of hydrogen-bond acceptors (Lipinski definition) is 7. The van der Waals surface area contributed by atoms with Crippen LogP contribution in [0, 0.1) is 0 Å². The largest absolute Gasteiger partial charge is 0.469 e. The van der Waals surface area contributed by atoms with E-state index in [1.807, 2.05) is 12.1 Å². The minimum absolute atomic E-state index is 0.00438. The zero-order valence-corrected chi connectivity index (χ0v) is 16.7. The van der Waals surface area contributed by atoms with Gasteiger partial charge in [0.25, 0.3) is 0 Å². The number of nitrogens with one attached hydrogen (secondary N) is 1. The van der Waals surface area contributed by atoms with Crippen molar-refractivity contribution >= 4 is 41.8 Å². The van der Waals surface area contributed by atoms with Gasteiger partial charge in [-0.15, -0.1) is 0 Å². The van der Waals surface area contributed by atoms with Crippen LogP contribution in [0.5, 0.6) is 0 Å². The molecule has 0 saturated carbocycles. The number of nitrogens with two attached hydrogens (primary N) is 1. The summed E-state index contributed by atoms with van der Waals surface area (Å²) in [6.45, 7) is 1.35. The maximum atomic E-state index is 11.2. The predicted octanol–water partition coefficient (Wildman–Crippen LogP) is 0.688. The van der Waals surface area contributed by atoms with Crippen molar-refractivity contribution in [3.05, 3.63) is 54.1 Å². The first-order valence-electron chi connectivity index (χ1n) is 7.63. The number of nitrogen functional groups attached to an aromatic ring is 1. The van der Waals surface area contributed by atoms with E-state index in [0.29, 0.717) is 11.4 Å². The zero-order chi connectivity index (χ0) is 20.4. The minimum atomic E-state index is -4.76. The van der Waals surface area contributed by atoms with Crippen LogP contribution in [0.2, 0.25) is 0 Å². The molecule has 1 amide bonds. The zero-order valence-electron chi connectivity index (χ0n) is 14.8. The quantitative estimate of drug-likeness (QED) is 0.175. The van der Waals surface area contributed by atoms with Crippen LogP contribution in [0.15, 0.2) is 48.5 Å². The van der Waals surface area contributed by atoms with Gasteiger partial charge in [0.05, 0.1) is 13.5 Å². The summed E-state index contributed by atoms with van der Waals surface area (Å²) in [4.78, 5) is 21.5. The smallest absolute Gasteiger partial charge is 0.309 e. The van der Waals surface area contributed by atoms with Crippen LogP contribution < -0.4 is 15.4 Å². The summed E-state index contributed by atoms with van der Waals surface area (Å²) in [5.41, 5.74) is 7.56. The summed E-state index contributed by atoms with van der Waals surface area (Å²) < 4.78 is 28.3. The Morgan fingerprint density at radius 1 is 1.19 bits per heavy atom. The average Bonchev–Trinajstić information content (AvgIpc) is 2.62. The molecule has 146 valence electrons. The molecule has 2 aromatic carbocycles. The number of hydrogen-bond donors (Lipinski definition) is 4. The number of benzene rings is 2. The van der Waals surface area contributed by atoms with Crippen LogP contribution >= 0.6 is 0 Å². The molecule has 0 aliphatic carbocycles. The molecular formula is C17H21AsN2O7. The van der Waals surface area contributed by atoms with Crippen molar-refractivity contribution in [3.63, 3.8) is 0 Å². The van der Waals surface area contributed by atoms with Gasteiger partial charge in [-0.3, -0.25) is 4.79 Å². The van der Waals surface area contributed by atoms with Crippen LogP contribution in [-0.2, 0) is 28.4 Å². The van der Waals surface area contributed by atoms with Crippen molar-refractivity contribution in [3.8, 4) is 0 Å². The Bertz CT molecular complexity index is 824. The van der Waals surface area contributed by atoms with Crippen molar-refractivity contribution in [1.82, 2.24) is 0 Å². The summed E-state index contributed by atoms with van der Waals surface area (Å²) in [7, 11) is 1.37. The number of carbonyl (C=O) groups is 2. The van der Waals surface area contributed by atoms with Gasteiger partial charge in [-0.2, -0.15) is 0 Å². The van der Waals surface area contributed by atoms with Gasteiger partial charge < -0.3 is 10.5 Å². The summed E-state index contributed by atoms with van der Waals surface area (Å²) in [5, 5.41) is 10.7. The van der Waals surface area contributed by atoms with Crippen molar-refractivity contribution in [2.75, 3.05) is 18.2 Å². The fourth-order valence-electron chi connectivity index (χ4n) is 1.93. The molecule has 0 spiro atoms. The third-order valence-corrected chi connectivity index (χ3v) is 5.61. The molecule has 1 atom stereocenters. The molecule has 1 unspecified atom stereocenters. The molecule has 27 heavy (non-hydrogen) atoms.